The molecule has 0 radical (unpaired) electrons. The van der Waals surface area contributed by atoms with Crippen LogP contribution in [0.2, 0.25) is 0 Å². The normalized spacial score (nSPS) is 19.6. The lowest BCUT2D eigenvalue weighted by atomic mass is 9.96. The zero-order chi connectivity index (χ0) is 9.42. The highest BCUT2D eigenvalue weighted by Crippen LogP contribution is 2.30. The Bertz CT molecular complexity index is 341. The molecule has 0 aliphatic carbocycles. The highest BCUT2D eigenvalue weighted by atomic mass is 79.9. The minimum Gasteiger partial charge on any atom is -0.504 e. The maximum Gasteiger partial charge on any atom is 0.157 e. The van der Waals surface area contributed by atoms with E-state index < -0.39 is 0 Å². The summed E-state index contributed by atoms with van der Waals surface area (Å²) in [4.78, 5) is 0. The number of benzene rings is 1. The van der Waals surface area contributed by atoms with Gasteiger partial charge < -0.3 is 15.5 Å². The zero-order valence-corrected chi connectivity index (χ0v) is 9.66. The molecule has 14 heavy (non-hydrogen) atoms. The van der Waals surface area contributed by atoms with Gasteiger partial charge in [-0.2, -0.15) is 0 Å². The van der Waals surface area contributed by atoms with E-state index in [4.69, 9.17) is 0 Å². The molecule has 1 atom stereocenters. The first kappa shape index (κ1) is 11.3. The highest BCUT2D eigenvalue weighted by Gasteiger charge is 2.16. The summed E-state index contributed by atoms with van der Waals surface area (Å²) in [5.41, 5.74) is 2.20. The summed E-state index contributed by atoms with van der Waals surface area (Å²) in [5.74, 6) is -0.0528. The lowest BCUT2D eigenvalue weighted by Gasteiger charge is -2.23. The fraction of sp³-hybridized carbons (Fsp3) is 0.400. The third kappa shape index (κ3) is 2.01. The molecule has 0 amide bonds. The lowest BCUT2D eigenvalue weighted by Crippen LogP contribution is -2.32. The first-order valence-corrected chi connectivity index (χ1v) is 4.44. The van der Waals surface area contributed by atoms with Crippen molar-refractivity contribution in [3.8, 4) is 11.5 Å². The van der Waals surface area contributed by atoms with Crippen LogP contribution in [0.1, 0.15) is 18.1 Å². The fourth-order valence-electron chi connectivity index (χ4n) is 1.70. The molecule has 1 heterocycles. The number of hydrogen-bond donors (Lipinski definition) is 3. The molecule has 78 valence electrons. The van der Waals surface area contributed by atoms with E-state index in [2.05, 4.69) is 12.2 Å². The van der Waals surface area contributed by atoms with Crippen LogP contribution >= 0.6 is 17.0 Å². The third-order valence-electron chi connectivity index (χ3n) is 2.46. The summed E-state index contributed by atoms with van der Waals surface area (Å²) < 4.78 is 0. The average Bonchev–Trinajstić information content (AvgIpc) is 2.08. The van der Waals surface area contributed by atoms with Gasteiger partial charge in [0.05, 0.1) is 0 Å². The average molecular weight is 260 g/mol. The maximum atomic E-state index is 9.29. The molecule has 1 aromatic rings. The van der Waals surface area contributed by atoms with E-state index in [1.807, 2.05) is 0 Å². The smallest absolute Gasteiger partial charge is 0.157 e. The Hall–Kier alpha value is -0.740. The second-order valence-electron chi connectivity index (χ2n) is 3.60. The topological polar surface area (TPSA) is 52.5 Å². The van der Waals surface area contributed by atoms with Gasteiger partial charge in [-0.05, 0) is 36.6 Å². The molecule has 1 aliphatic rings. The Kier molecular flexibility index (Phi) is 3.39. The Balaban J connectivity index is 0.000000980. The van der Waals surface area contributed by atoms with Gasteiger partial charge in [0.1, 0.15) is 0 Å². The minimum atomic E-state index is -0.0323. The molecule has 3 N–H and O–H groups in total. The molecule has 1 unspecified atom stereocenters. The first-order valence-electron chi connectivity index (χ1n) is 4.44. The second kappa shape index (κ2) is 4.19. The Labute approximate surface area is 93.5 Å². The van der Waals surface area contributed by atoms with Gasteiger partial charge in [0.15, 0.2) is 11.5 Å². The number of halogens is 1. The van der Waals surface area contributed by atoms with Crippen molar-refractivity contribution in [2.75, 3.05) is 0 Å². The van der Waals surface area contributed by atoms with E-state index in [1.54, 1.807) is 12.1 Å². The molecular weight excluding hydrogens is 246 g/mol. The minimum absolute atomic E-state index is 0. The largest absolute Gasteiger partial charge is 0.504 e. The van der Waals surface area contributed by atoms with Crippen molar-refractivity contribution in [1.29, 1.82) is 0 Å². The maximum absolute atomic E-state index is 9.29. The molecule has 4 heteroatoms. The third-order valence-corrected chi connectivity index (χ3v) is 2.46. The van der Waals surface area contributed by atoms with Crippen molar-refractivity contribution in [2.45, 2.75) is 25.9 Å². The van der Waals surface area contributed by atoms with Crippen LogP contribution in [0.25, 0.3) is 0 Å². The van der Waals surface area contributed by atoms with Gasteiger partial charge in [-0.25, -0.2) is 0 Å². The summed E-state index contributed by atoms with van der Waals surface area (Å²) in [6.07, 6.45) is 0.906. The Morgan fingerprint density at radius 1 is 1.21 bits per heavy atom. The molecule has 0 saturated heterocycles. The van der Waals surface area contributed by atoms with Crippen molar-refractivity contribution in [2.24, 2.45) is 0 Å². The molecular formula is C10H14BrNO2. The van der Waals surface area contributed by atoms with Crippen molar-refractivity contribution in [3.63, 3.8) is 0 Å². The number of fused-ring (bicyclic) bond motifs is 1. The predicted octanol–water partition coefficient (Wildman–Crippen LogP) is 1.71. The van der Waals surface area contributed by atoms with E-state index in [1.165, 1.54) is 0 Å². The van der Waals surface area contributed by atoms with E-state index in [9.17, 15) is 10.2 Å². The van der Waals surface area contributed by atoms with E-state index in [-0.39, 0.29) is 28.5 Å². The van der Waals surface area contributed by atoms with Crippen molar-refractivity contribution in [3.05, 3.63) is 23.3 Å². The van der Waals surface area contributed by atoms with Crippen LogP contribution in [-0.4, -0.2) is 16.3 Å². The summed E-state index contributed by atoms with van der Waals surface area (Å²) in [6, 6.07) is 3.72. The van der Waals surface area contributed by atoms with Crippen LogP contribution in [-0.2, 0) is 13.0 Å². The van der Waals surface area contributed by atoms with Crippen LogP contribution in [0, 0.1) is 0 Å². The number of phenolic OH excluding ortho intramolecular Hbond substituents is 2. The summed E-state index contributed by atoms with van der Waals surface area (Å²) in [5, 5.41) is 21.8. The van der Waals surface area contributed by atoms with Gasteiger partial charge >= 0.3 is 0 Å². The summed E-state index contributed by atoms with van der Waals surface area (Å²) in [6.45, 7) is 2.87. The lowest BCUT2D eigenvalue weighted by molar-refractivity contribution is 0.399. The van der Waals surface area contributed by atoms with Gasteiger partial charge in [-0.15, -0.1) is 17.0 Å². The molecule has 0 spiro atoms. The second-order valence-corrected chi connectivity index (χ2v) is 3.60. The highest BCUT2D eigenvalue weighted by molar-refractivity contribution is 8.93. The van der Waals surface area contributed by atoms with Gasteiger partial charge in [0.25, 0.3) is 0 Å². The van der Waals surface area contributed by atoms with Crippen LogP contribution < -0.4 is 5.32 Å². The van der Waals surface area contributed by atoms with Gasteiger partial charge in [-0.3, -0.25) is 0 Å². The molecule has 0 fully saturated rings. The zero-order valence-electron chi connectivity index (χ0n) is 7.95. The number of aromatic hydroxyl groups is 2. The first-order chi connectivity index (χ1) is 6.16. The molecule has 1 aliphatic heterocycles. The molecule has 1 aromatic carbocycles. The van der Waals surface area contributed by atoms with Gasteiger partial charge in [-0.1, -0.05) is 0 Å². The fourth-order valence-corrected chi connectivity index (χ4v) is 1.70. The molecule has 3 nitrogen and oxygen atoms in total. The Morgan fingerprint density at radius 3 is 2.43 bits per heavy atom. The summed E-state index contributed by atoms with van der Waals surface area (Å²) >= 11 is 0. The quantitative estimate of drug-likeness (QED) is 0.622. The van der Waals surface area contributed by atoms with Crippen molar-refractivity contribution < 1.29 is 10.2 Å². The number of phenols is 2. The molecule has 0 aromatic heterocycles. The van der Waals surface area contributed by atoms with Crippen molar-refractivity contribution in [1.82, 2.24) is 5.32 Å². The summed E-state index contributed by atoms with van der Waals surface area (Å²) in [7, 11) is 0. The van der Waals surface area contributed by atoms with Crippen LogP contribution in [0.4, 0.5) is 0 Å². The predicted molar refractivity (Wildman–Crippen MR) is 60.1 cm³/mol. The van der Waals surface area contributed by atoms with Gasteiger partial charge in [0.2, 0.25) is 0 Å². The monoisotopic (exact) mass is 259 g/mol. The van der Waals surface area contributed by atoms with Crippen molar-refractivity contribution >= 4 is 17.0 Å². The van der Waals surface area contributed by atoms with Crippen LogP contribution in [0.5, 0.6) is 11.5 Å². The van der Waals surface area contributed by atoms with Gasteiger partial charge in [0, 0.05) is 12.6 Å². The van der Waals surface area contributed by atoms with E-state index in [0.717, 1.165) is 24.1 Å². The number of rotatable bonds is 0. The van der Waals surface area contributed by atoms with Crippen LogP contribution in [0.15, 0.2) is 12.1 Å². The van der Waals surface area contributed by atoms with Crippen LogP contribution in [0.3, 0.4) is 0 Å². The molecule has 2 rings (SSSR count). The van der Waals surface area contributed by atoms with E-state index >= 15 is 0 Å². The number of nitrogens with one attached hydrogen (secondary N) is 1. The number of hydrogen-bond acceptors (Lipinski definition) is 3. The Morgan fingerprint density at radius 2 is 1.79 bits per heavy atom. The molecule has 0 bridgehead atoms. The van der Waals surface area contributed by atoms with E-state index in [0.29, 0.717) is 6.04 Å². The standard InChI is InChI=1S/C10H13NO2.BrH/c1-6-2-7-3-9(12)10(13)4-8(7)5-11-6;/h3-4,6,11-13H,2,5H2,1H3;1H. The molecule has 0 saturated carbocycles. The SMILES string of the molecule is Br.CC1Cc2cc(O)c(O)cc2CN1.